The quantitative estimate of drug-likeness (QED) is 0.466. The third-order valence-corrected chi connectivity index (χ3v) is 7.42. The zero-order valence-corrected chi connectivity index (χ0v) is 18.7. The van der Waals surface area contributed by atoms with Crippen LogP contribution in [-0.2, 0) is 10.0 Å². The maximum Gasteiger partial charge on any atom is 0.325 e. The maximum absolute atomic E-state index is 13.0. The number of aromatic amines is 3. The van der Waals surface area contributed by atoms with Gasteiger partial charge in [-0.05, 0) is 25.1 Å². The van der Waals surface area contributed by atoms with Crippen LogP contribution in [0, 0.1) is 6.92 Å². The Hall–Kier alpha value is -3.71. The fraction of sp³-hybridized carbons (Fsp3) is 0.300. The van der Waals surface area contributed by atoms with Gasteiger partial charge < -0.3 is 14.6 Å². The van der Waals surface area contributed by atoms with Crippen molar-refractivity contribution < 1.29 is 17.9 Å². The predicted octanol–water partition coefficient (Wildman–Crippen LogP) is -0.0830. The summed E-state index contributed by atoms with van der Waals surface area (Å²) in [6, 6.07) is 8.90. The Kier molecular flexibility index (Phi) is 5.91. The molecule has 1 aromatic carbocycles. The summed E-state index contributed by atoms with van der Waals surface area (Å²) in [5.74, 6) is 0.351. The molecule has 0 atom stereocenters. The highest BCUT2D eigenvalue weighted by atomic mass is 32.2. The number of nitrogens with zero attached hydrogens (tertiary/aromatic N) is 3. The molecule has 0 unspecified atom stereocenters. The first kappa shape index (κ1) is 22.5. The smallest absolute Gasteiger partial charge is 0.325 e. The highest BCUT2D eigenvalue weighted by molar-refractivity contribution is 7.89. The van der Waals surface area contributed by atoms with E-state index in [-0.39, 0.29) is 43.5 Å². The predicted molar refractivity (Wildman–Crippen MR) is 118 cm³/mol. The lowest BCUT2D eigenvalue weighted by molar-refractivity contribution is 0.0692. The zero-order valence-electron chi connectivity index (χ0n) is 17.9. The molecule has 0 radical (unpaired) electrons. The second-order valence-corrected chi connectivity index (χ2v) is 9.33. The lowest BCUT2D eigenvalue weighted by atomic mass is 10.1. The SMILES string of the molecule is COc1cccc(-c2cc(C(=O)N3CCN(S(=O)(=O)c4c(C)[nH]c(=O)[nH]c4=O)CC3)[nH]n2)c1. The second kappa shape index (κ2) is 8.67. The van der Waals surface area contributed by atoms with Crippen LogP contribution >= 0.6 is 0 Å². The van der Waals surface area contributed by atoms with Crippen molar-refractivity contribution in [1.82, 2.24) is 29.4 Å². The maximum atomic E-state index is 13.0. The van der Waals surface area contributed by atoms with Crippen molar-refractivity contribution in [2.75, 3.05) is 33.3 Å². The average molecular weight is 474 g/mol. The molecule has 3 N–H and O–H groups in total. The number of hydrogen-bond donors (Lipinski definition) is 3. The van der Waals surface area contributed by atoms with Gasteiger partial charge in [0.2, 0.25) is 10.0 Å². The first-order valence-electron chi connectivity index (χ1n) is 10.0. The molecule has 33 heavy (non-hydrogen) atoms. The summed E-state index contributed by atoms with van der Waals surface area (Å²) in [7, 11) is -2.58. The van der Waals surface area contributed by atoms with E-state index in [0.717, 1.165) is 9.87 Å². The average Bonchev–Trinajstić information content (AvgIpc) is 3.28. The first-order chi connectivity index (χ1) is 15.7. The van der Waals surface area contributed by atoms with Crippen LogP contribution in [0.1, 0.15) is 16.2 Å². The number of H-pyrrole nitrogens is 3. The molecule has 1 aliphatic heterocycles. The Morgan fingerprint density at radius 2 is 1.82 bits per heavy atom. The topological polar surface area (TPSA) is 161 Å². The fourth-order valence-corrected chi connectivity index (χ4v) is 5.32. The lowest BCUT2D eigenvalue weighted by Gasteiger charge is -2.33. The fourth-order valence-electron chi connectivity index (χ4n) is 3.69. The number of methoxy groups -OCH3 is 1. The Bertz CT molecular complexity index is 1420. The van der Waals surface area contributed by atoms with Crippen molar-refractivity contribution in [2.45, 2.75) is 11.8 Å². The minimum Gasteiger partial charge on any atom is -0.497 e. The molecule has 13 heteroatoms. The van der Waals surface area contributed by atoms with Crippen LogP contribution in [0.4, 0.5) is 0 Å². The Balaban J connectivity index is 1.47. The van der Waals surface area contributed by atoms with Crippen LogP contribution in [-0.4, -0.2) is 77.0 Å². The van der Waals surface area contributed by atoms with Crippen LogP contribution in [0.5, 0.6) is 5.75 Å². The number of amides is 1. The third kappa shape index (κ3) is 4.32. The lowest BCUT2D eigenvalue weighted by Crippen LogP contribution is -2.51. The van der Waals surface area contributed by atoms with Gasteiger partial charge >= 0.3 is 5.69 Å². The third-order valence-electron chi connectivity index (χ3n) is 5.37. The molecule has 0 saturated carbocycles. The molecule has 2 aromatic heterocycles. The summed E-state index contributed by atoms with van der Waals surface area (Å²) in [6.45, 7) is 1.62. The number of carbonyl (C=O) groups is 1. The van der Waals surface area contributed by atoms with Gasteiger partial charge in [-0.2, -0.15) is 9.40 Å². The van der Waals surface area contributed by atoms with Crippen LogP contribution in [0.2, 0.25) is 0 Å². The molecule has 174 valence electrons. The van der Waals surface area contributed by atoms with E-state index in [1.807, 2.05) is 17.1 Å². The molecule has 1 saturated heterocycles. The molecule has 12 nitrogen and oxygen atoms in total. The molecule has 1 aliphatic rings. The molecule has 3 aromatic rings. The number of ether oxygens (including phenoxy) is 1. The van der Waals surface area contributed by atoms with Crippen molar-refractivity contribution in [1.29, 1.82) is 0 Å². The van der Waals surface area contributed by atoms with E-state index in [1.54, 1.807) is 25.3 Å². The largest absolute Gasteiger partial charge is 0.497 e. The number of rotatable bonds is 5. The summed E-state index contributed by atoms with van der Waals surface area (Å²) in [5.41, 5.74) is -0.160. The van der Waals surface area contributed by atoms with E-state index >= 15 is 0 Å². The standard InChI is InChI=1S/C20H22N6O6S/c1-12-17(18(27)22-20(29)21-12)33(30,31)26-8-6-25(7-9-26)19(28)16-11-15(23-24-16)13-4-3-5-14(10-13)32-2/h3-5,10-11H,6-9H2,1-2H3,(H,23,24)(H2,21,22,27,29). The Morgan fingerprint density at radius 1 is 1.09 bits per heavy atom. The number of piperazine rings is 1. The van der Waals surface area contributed by atoms with Crippen LogP contribution < -0.4 is 16.0 Å². The Morgan fingerprint density at radius 3 is 2.48 bits per heavy atom. The van der Waals surface area contributed by atoms with Gasteiger partial charge in [-0.1, -0.05) is 12.1 Å². The van der Waals surface area contributed by atoms with Crippen molar-refractivity contribution in [3.8, 4) is 17.0 Å². The number of aromatic nitrogens is 4. The minimum atomic E-state index is -4.14. The number of aryl methyl sites for hydroxylation is 1. The highest BCUT2D eigenvalue weighted by Crippen LogP contribution is 2.23. The van der Waals surface area contributed by atoms with Crippen molar-refractivity contribution >= 4 is 15.9 Å². The molecule has 0 bridgehead atoms. The number of carbonyl (C=O) groups excluding carboxylic acids is 1. The minimum absolute atomic E-state index is 0.00293. The molecule has 4 rings (SSSR count). The molecular weight excluding hydrogens is 452 g/mol. The van der Waals surface area contributed by atoms with E-state index in [9.17, 15) is 22.8 Å². The van der Waals surface area contributed by atoms with Gasteiger partial charge in [0.15, 0.2) is 4.90 Å². The van der Waals surface area contributed by atoms with Crippen LogP contribution in [0.3, 0.4) is 0 Å². The summed E-state index contributed by atoms with van der Waals surface area (Å²) < 4.78 is 32.2. The highest BCUT2D eigenvalue weighted by Gasteiger charge is 2.34. The molecule has 3 heterocycles. The number of sulfonamides is 1. The van der Waals surface area contributed by atoms with Crippen molar-refractivity contribution in [2.24, 2.45) is 0 Å². The van der Waals surface area contributed by atoms with E-state index in [4.69, 9.17) is 4.74 Å². The van der Waals surface area contributed by atoms with Crippen molar-refractivity contribution in [3.63, 3.8) is 0 Å². The number of benzene rings is 1. The zero-order chi connectivity index (χ0) is 23.8. The summed E-state index contributed by atoms with van der Waals surface area (Å²) in [5, 5.41) is 6.93. The van der Waals surface area contributed by atoms with Gasteiger partial charge in [-0.25, -0.2) is 13.2 Å². The van der Waals surface area contributed by atoms with Crippen LogP contribution in [0.15, 0.2) is 44.8 Å². The van der Waals surface area contributed by atoms with Gasteiger partial charge in [0, 0.05) is 37.4 Å². The summed E-state index contributed by atoms with van der Waals surface area (Å²) in [4.78, 5) is 41.6. The van der Waals surface area contributed by atoms with Gasteiger partial charge in [0.05, 0.1) is 12.8 Å². The van der Waals surface area contributed by atoms with E-state index in [0.29, 0.717) is 11.4 Å². The molecule has 0 spiro atoms. The summed E-state index contributed by atoms with van der Waals surface area (Å²) >= 11 is 0. The van der Waals surface area contributed by atoms with Gasteiger partial charge in [0.25, 0.3) is 11.5 Å². The number of hydrogen-bond acceptors (Lipinski definition) is 7. The van der Waals surface area contributed by atoms with Gasteiger partial charge in [0.1, 0.15) is 11.4 Å². The van der Waals surface area contributed by atoms with E-state index in [1.165, 1.54) is 11.8 Å². The second-order valence-electron chi connectivity index (χ2n) is 7.46. The molecule has 0 aliphatic carbocycles. The number of nitrogens with one attached hydrogen (secondary N) is 3. The van der Waals surface area contributed by atoms with Crippen LogP contribution in [0.25, 0.3) is 11.3 Å². The first-order valence-corrected chi connectivity index (χ1v) is 11.5. The molecule has 1 fully saturated rings. The Labute approximate surface area is 188 Å². The monoisotopic (exact) mass is 474 g/mol. The van der Waals surface area contributed by atoms with E-state index < -0.39 is 26.2 Å². The van der Waals surface area contributed by atoms with Gasteiger partial charge in [-0.3, -0.25) is 19.7 Å². The van der Waals surface area contributed by atoms with Gasteiger partial charge in [-0.15, -0.1) is 0 Å². The molecular formula is C20H22N6O6S. The molecule has 1 amide bonds. The van der Waals surface area contributed by atoms with E-state index in [2.05, 4.69) is 15.2 Å². The van der Waals surface area contributed by atoms with Crippen molar-refractivity contribution in [3.05, 3.63) is 62.6 Å². The normalized spacial score (nSPS) is 14.9. The summed E-state index contributed by atoms with van der Waals surface area (Å²) in [6.07, 6.45) is 0.